The number of ether oxygens (including phenoxy) is 3. The fourth-order valence-electron chi connectivity index (χ4n) is 2.80. The second-order valence-electron chi connectivity index (χ2n) is 7.30. The molecule has 10 heteroatoms. The van der Waals surface area contributed by atoms with Gasteiger partial charge < -0.3 is 19.5 Å². The number of urea groups is 1. The van der Waals surface area contributed by atoms with E-state index in [1.54, 1.807) is 24.3 Å². The van der Waals surface area contributed by atoms with Crippen LogP contribution in [0.2, 0.25) is 0 Å². The van der Waals surface area contributed by atoms with Gasteiger partial charge in [-0.3, -0.25) is 10.1 Å². The smallest absolute Gasteiger partial charge is 0.417 e. The zero-order valence-corrected chi connectivity index (χ0v) is 18.6. The van der Waals surface area contributed by atoms with Crippen LogP contribution in [0.25, 0.3) is 0 Å². The van der Waals surface area contributed by atoms with Crippen LogP contribution >= 0.6 is 0 Å². The molecule has 0 radical (unpaired) electrons. The SMILES string of the molecule is COc1cc(C(F)(F)F)c(C(=O)NC(=O)NCCCOC(C)C)cc1OCc1ccccc1. The van der Waals surface area contributed by atoms with Gasteiger partial charge in [0.1, 0.15) is 6.61 Å². The number of hydrogen-bond donors (Lipinski definition) is 2. The molecule has 0 aliphatic rings. The molecule has 0 heterocycles. The first-order valence-corrected chi connectivity index (χ1v) is 10.3. The number of benzene rings is 2. The van der Waals surface area contributed by atoms with E-state index < -0.39 is 29.2 Å². The van der Waals surface area contributed by atoms with Crippen molar-refractivity contribution >= 4 is 11.9 Å². The highest BCUT2D eigenvalue weighted by molar-refractivity contribution is 6.05. The van der Waals surface area contributed by atoms with Crippen molar-refractivity contribution in [3.05, 3.63) is 59.2 Å². The molecule has 2 rings (SSSR count). The third-order valence-corrected chi connectivity index (χ3v) is 4.38. The van der Waals surface area contributed by atoms with Crippen LogP contribution in [0.3, 0.4) is 0 Å². The summed E-state index contributed by atoms with van der Waals surface area (Å²) in [6, 6.07) is 9.62. The average Bonchev–Trinajstić information content (AvgIpc) is 2.76. The number of carbonyl (C=O) groups excluding carboxylic acids is 2. The molecule has 7 nitrogen and oxygen atoms in total. The van der Waals surface area contributed by atoms with Crippen molar-refractivity contribution in [1.29, 1.82) is 0 Å². The van der Waals surface area contributed by atoms with Crippen molar-refractivity contribution in [3.8, 4) is 11.5 Å². The molecule has 0 aromatic heterocycles. The Balaban J connectivity index is 2.16. The van der Waals surface area contributed by atoms with Gasteiger partial charge in [0.2, 0.25) is 0 Å². The summed E-state index contributed by atoms with van der Waals surface area (Å²) < 4.78 is 56.8. The maximum absolute atomic E-state index is 13.6. The summed E-state index contributed by atoms with van der Waals surface area (Å²) in [5.74, 6) is -1.47. The van der Waals surface area contributed by atoms with Gasteiger partial charge in [0.15, 0.2) is 11.5 Å². The number of alkyl halides is 3. The Kier molecular flexibility index (Phi) is 9.53. The van der Waals surface area contributed by atoms with Gasteiger partial charge in [-0.15, -0.1) is 0 Å². The molecule has 180 valence electrons. The summed E-state index contributed by atoms with van der Waals surface area (Å²) in [4.78, 5) is 24.5. The number of carbonyl (C=O) groups is 2. The minimum Gasteiger partial charge on any atom is -0.493 e. The number of halogens is 3. The van der Waals surface area contributed by atoms with Gasteiger partial charge in [-0.2, -0.15) is 13.2 Å². The van der Waals surface area contributed by atoms with Crippen molar-refractivity contribution in [2.75, 3.05) is 20.3 Å². The molecular weight excluding hydrogens is 441 g/mol. The van der Waals surface area contributed by atoms with E-state index in [0.717, 1.165) is 11.6 Å². The number of methoxy groups -OCH3 is 1. The Morgan fingerprint density at radius 1 is 1.06 bits per heavy atom. The van der Waals surface area contributed by atoms with E-state index in [1.807, 2.05) is 25.2 Å². The molecular formula is C23H27F3N2O5. The molecule has 0 spiro atoms. The summed E-state index contributed by atoms with van der Waals surface area (Å²) in [7, 11) is 1.20. The predicted molar refractivity (Wildman–Crippen MR) is 115 cm³/mol. The quantitative estimate of drug-likeness (QED) is 0.500. The number of nitrogens with one attached hydrogen (secondary N) is 2. The molecule has 0 fully saturated rings. The number of hydrogen-bond acceptors (Lipinski definition) is 5. The lowest BCUT2D eigenvalue weighted by molar-refractivity contribution is -0.138. The normalized spacial score (nSPS) is 11.2. The summed E-state index contributed by atoms with van der Waals surface area (Å²) in [5.41, 5.74) is -1.24. The first-order chi connectivity index (χ1) is 15.6. The van der Waals surface area contributed by atoms with Crippen LogP contribution in [0.15, 0.2) is 42.5 Å². The molecule has 0 aliphatic heterocycles. The van der Waals surface area contributed by atoms with Crippen LogP contribution in [0.5, 0.6) is 11.5 Å². The van der Waals surface area contributed by atoms with E-state index in [-0.39, 0.29) is 30.8 Å². The van der Waals surface area contributed by atoms with E-state index in [2.05, 4.69) is 5.32 Å². The topological polar surface area (TPSA) is 85.9 Å². The Hall–Kier alpha value is -3.27. The van der Waals surface area contributed by atoms with Crippen molar-refractivity contribution in [1.82, 2.24) is 10.6 Å². The van der Waals surface area contributed by atoms with E-state index in [9.17, 15) is 22.8 Å². The van der Waals surface area contributed by atoms with Gasteiger partial charge in [0.25, 0.3) is 5.91 Å². The largest absolute Gasteiger partial charge is 0.493 e. The maximum atomic E-state index is 13.6. The van der Waals surface area contributed by atoms with Crippen molar-refractivity contribution < 1.29 is 37.0 Å². The Morgan fingerprint density at radius 2 is 1.76 bits per heavy atom. The standard InChI is InChI=1S/C23H27F3N2O5/c1-15(2)32-11-7-10-27-22(30)28-21(29)17-12-20(33-14-16-8-5-4-6-9-16)19(31-3)13-18(17)23(24,25)26/h4-6,8-9,12-13,15H,7,10-11,14H2,1-3H3,(H2,27,28,29,30). The van der Waals surface area contributed by atoms with Crippen LogP contribution in [0.4, 0.5) is 18.0 Å². The Morgan fingerprint density at radius 3 is 2.36 bits per heavy atom. The molecule has 0 bridgehead atoms. The van der Waals surface area contributed by atoms with Crippen molar-refractivity contribution in [2.24, 2.45) is 0 Å². The monoisotopic (exact) mass is 468 g/mol. The summed E-state index contributed by atoms with van der Waals surface area (Å²) >= 11 is 0. The van der Waals surface area contributed by atoms with Gasteiger partial charge in [0, 0.05) is 13.2 Å². The first-order valence-electron chi connectivity index (χ1n) is 10.3. The van der Waals surface area contributed by atoms with Crippen LogP contribution in [0, 0.1) is 0 Å². The highest BCUT2D eigenvalue weighted by atomic mass is 19.4. The lowest BCUT2D eigenvalue weighted by atomic mass is 10.0. The van der Waals surface area contributed by atoms with Gasteiger partial charge >= 0.3 is 12.2 Å². The first kappa shape index (κ1) is 26.0. The third kappa shape index (κ3) is 8.30. The summed E-state index contributed by atoms with van der Waals surface area (Å²) in [6.07, 6.45) is -4.34. The fraction of sp³-hybridized carbons (Fsp3) is 0.391. The molecule has 0 saturated heterocycles. The zero-order valence-electron chi connectivity index (χ0n) is 18.6. The van der Waals surface area contributed by atoms with Gasteiger partial charge in [0.05, 0.1) is 24.3 Å². The summed E-state index contributed by atoms with van der Waals surface area (Å²) in [6.45, 7) is 4.35. The molecule has 2 N–H and O–H groups in total. The number of imide groups is 1. The second-order valence-corrected chi connectivity index (χ2v) is 7.30. The molecule has 33 heavy (non-hydrogen) atoms. The molecule has 0 atom stereocenters. The summed E-state index contributed by atoms with van der Waals surface area (Å²) in [5, 5.41) is 4.33. The van der Waals surface area contributed by atoms with Crippen molar-refractivity contribution in [2.45, 2.75) is 39.2 Å². The van der Waals surface area contributed by atoms with Crippen LogP contribution in [0.1, 0.15) is 41.8 Å². The van der Waals surface area contributed by atoms with Gasteiger partial charge in [-0.1, -0.05) is 30.3 Å². The van der Waals surface area contributed by atoms with E-state index in [4.69, 9.17) is 14.2 Å². The average molecular weight is 468 g/mol. The van der Waals surface area contributed by atoms with E-state index in [1.165, 1.54) is 7.11 Å². The Labute approximate surface area is 190 Å². The van der Waals surface area contributed by atoms with Crippen LogP contribution in [-0.2, 0) is 17.5 Å². The number of amides is 3. The van der Waals surface area contributed by atoms with E-state index in [0.29, 0.717) is 19.1 Å². The predicted octanol–water partition coefficient (Wildman–Crippen LogP) is 4.55. The van der Waals surface area contributed by atoms with Gasteiger partial charge in [-0.05, 0) is 38.0 Å². The molecule has 3 amide bonds. The highest BCUT2D eigenvalue weighted by Crippen LogP contribution is 2.39. The zero-order chi connectivity index (χ0) is 24.4. The minimum absolute atomic E-state index is 0.0366. The minimum atomic E-state index is -4.86. The Bertz CT molecular complexity index is 934. The lowest BCUT2D eigenvalue weighted by Crippen LogP contribution is -2.40. The molecule has 2 aromatic carbocycles. The second kappa shape index (κ2) is 12.1. The van der Waals surface area contributed by atoms with Crippen molar-refractivity contribution in [3.63, 3.8) is 0 Å². The number of rotatable bonds is 10. The third-order valence-electron chi connectivity index (χ3n) is 4.38. The molecule has 0 aliphatic carbocycles. The maximum Gasteiger partial charge on any atom is 0.417 e. The molecule has 2 aromatic rings. The molecule has 0 unspecified atom stereocenters. The fourth-order valence-corrected chi connectivity index (χ4v) is 2.80. The lowest BCUT2D eigenvalue weighted by Gasteiger charge is -2.17. The molecule has 0 saturated carbocycles. The van der Waals surface area contributed by atoms with Crippen LogP contribution in [-0.4, -0.2) is 38.3 Å². The highest BCUT2D eigenvalue weighted by Gasteiger charge is 2.37. The van der Waals surface area contributed by atoms with E-state index >= 15 is 0 Å². The van der Waals surface area contributed by atoms with Crippen LogP contribution < -0.4 is 20.1 Å². The van der Waals surface area contributed by atoms with Gasteiger partial charge in [-0.25, -0.2) is 4.79 Å².